The van der Waals surface area contributed by atoms with E-state index in [0.717, 1.165) is 29.6 Å². The largest absolute Gasteiger partial charge is 0.399 e. The van der Waals surface area contributed by atoms with Gasteiger partial charge in [-0.2, -0.15) is 0 Å². The molecule has 1 aliphatic carbocycles. The van der Waals surface area contributed by atoms with Gasteiger partial charge in [-0.05, 0) is 25.0 Å². The Bertz CT molecular complexity index is 900. The summed E-state index contributed by atoms with van der Waals surface area (Å²) < 4.78 is 2.19. The van der Waals surface area contributed by atoms with Gasteiger partial charge in [-0.3, -0.25) is 0 Å². The van der Waals surface area contributed by atoms with Gasteiger partial charge in [0.25, 0.3) is 0 Å². The van der Waals surface area contributed by atoms with Crippen LogP contribution in [-0.2, 0) is 0 Å². The lowest BCUT2D eigenvalue weighted by Crippen LogP contribution is -2.13. The van der Waals surface area contributed by atoms with Crippen LogP contribution in [0.2, 0.25) is 0 Å². The highest BCUT2D eigenvalue weighted by molar-refractivity contribution is 5.85. The Kier molecular flexibility index (Phi) is 4.71. The number of nitrogen functional groups attached to an aromatic ring is 1. The maximum Gasteiger partial charge on any atom is 0.166 e. The van der Waals surface area contributed by atoms with Crippen molar-refractivity contribution in [2.75, 3.05) is 24.2 Å². The van der Waals surface area contributed by atoms with E-state index < -0.39 is 0 Å². The van der Waals surface area contributed by atoms with Crippen LogP contribution in [-0.4, -0.2) is 37.8 Å². The zero-order valence-corrected chi connectivity index (χ0v) is 14.7. The summed E-state index contributed by atoms with van der Waals surface area (Å²) >= 11 is 0. The average Bonchev–Trinajstić information content (AvgIpc) is 3.11. The van der Waals surface area contributed by atoms with E-state index in [1.807, 2.05) is 30.6 Å². The molecule has 0 bridgehead atoms. The molecule has 2 aromatic heterocycles. The van der Waals surface area contributed by atoms with Crippen LogP contribution in [0.4, 0.5) is 11.5 Å². The number of aliphatic hydroxyl groups is 1. The highest BCUT2D eigenvalue weighted by atomic mass is 16.3. The second kappa shape index (κ2) is 7.29. The van der Waals surface area contributed by atoms with Crippen molar-refractivity contribution in [1.29, 1.82) is 0 Å². The number of anilines is 2. The molecule has 1 saturated carbocycles. The first-order valence-corrected chi connectivity index (χ1v) is 9.21. The van der Waals surface area contributed by atoms with Crippen LogP contribution in [0, 0.1) is 0 Å². The SMILES string of the molecule is Nc1cccc(-c2nc(NCCO)c3ncn(C4CCCCC4)c3n2)c1. The number of benzene rings is 1. The van der Waals surface area contributed by atoms with Crippen LogP contribution < -0.4 is 11.1 Å². The third kappa shape index (κ3) is 3.22. The summed E-state index contributed by atoms with van der Waals surface area (Å²) in [4.78, 5) is 14.0. The summed E-state index contributed by atoms with van der Waals surface area (Å²) in [6, 6.07) is 8.01. The lowest BCUT2D eigenvalue weighted by atomic mass is 9.95. The van der Waals surface area contributed by atoms with Gasteiger partial charge >= 0.3 is 0 Å². The number of fused-ring (bicyclic) bond motifs is 1. The molecule has 0 unspecified atom stereocenters. The van der Waals surface area contributed by atoms with Gasteiger partial charge in [-0.15, -0.1) is 0 Å². The van der Waals surface area contributed by atoms with Crippen LogP contribution in [0.5, 0.6) is 0 Å². The number of hydrogen-bond acceptors (Lipinski definition) is 6. The monoisotopic (exact) mass is 352 g/mol. The molecular formula is C19H24N6O. The van der Waals surface area contributed by atoms with Crippen molar-refractivity contribution >= 4 is 22.7 Å². The van der Waals surface area contributed by atoms with Crippen molar-refractivity contribution in [2.24, 2.45) is 0 Å². The summed E-state index contributed by atoms with van der Waals surface area (Å²) in [6.45, 7) is 0.446. The van der Waals surface area contributed by atoms with Crippen molar-refractivity contribution < 1.29 is 5.11 Å². The Morgan fingerprint density at radius 3 is 2.81 bits per heavy atom. The van der Waals surface area contributed by atoms with Crippen molar-refractivity contribution in [3.8, 4) is 11.4 Å². The Morgan fingerprint density at radius 1 is 1.19 bits per heavy atom. The van der Waals surface area contributed by atoms with E-state index in [1.54, 1.807) is 0 Å². The van der Waals surface area contributed by atoms with Crippen molar-refractivity contribution in [3.63, 3.8) is 0 Å². The molecule has 136 valence electrons. The van der Waals surface area contributed by atoms with Gasteiger partial charge in [0.15, 0.2) is 17.3 Å². The number of nitrogens with one attached hydrogen (secondary N) is 1. The molecule has 7 nitrogen and oxygen atoms in total. The fourth-order valence-electron chi connectivity index (χ4n) is 3.65. The minimum atomic E-state index is 0.0302. The predicted molar refractivity (Wildman–Crippen MR) is 103 cm³/mol. The number of imidazole rings is 1. The molecule has 26 heavy (non-hydrogen) atoms. The third-order valence-corrected chi connectivity index (χ3v) is 4.94. The molecule has 1 aliphatic rings. The van der Waals surface area contributed by atoms with Crippen LogP contribution in [0.3, 0.4) is 0 Å². The Morgan fingerprint density at radius 2 is 2.04 bits per heavy atom. The highest BCUT2D eigenvalue weighted by Crippen LogP contribution is 2.32. The first-order chi connectivity index (χ1) is 12.8. The van der Waals surface area contributed by atoms with Crippen molar-refractivity contribution in [2.45, 2.75) is 38.1 Å². The number of nitrogens with two attached hydrogens (primary N) is 1. The van der Waals surface area contributed by atoms with E-state index in [-0.39, 0.29) is 6.61 Å². The summed E-state index contributed by atoms with van der Waals surface area (Å²) in [5.74, 6) is 1.26. The zero-order valence-electron chi connectivity index (χ0n) is 14.7. The van der Waals surface area contributed by atoms with Crippen LogP contribution in [0.25, 0.3) is 22.6 Å². The smallest absolute Gasteiger partial charge is 0.166 e. The molecule has 0 amide bonds. The van der Waals surface area contributed by atoms with Crippen molar-refractivity contribution in [1.82, 2.24) is 19.5 Å². The minimum Gasteiger partial charge on any atom is -0.399 e. The van der Waals surface area contributed by atoms with E-state index in [1.165, 1.54) is 19.3 Å². The van der Waals surface area contributed by atoms with E-state index >= 15 is 0 Å². The van der Waals surface area contributed by atoms with Crippen LogP contribution in [0.15, 0.2) is 30.6 Å². The number of hydrogen-bond donors (Lipinski definition) is 3. The average molecular weight is 352 g/mol. The Balaban J connectivity index is 1.84. The maximum absolute atomic E-state index is 9.18. The molecule has 4 rings (SSSR count). The number of nitrogens with zero attached hydrogens (tertiary/aromatic N) is 4. The molecule has 0 radical (unpaired) electrons. The van der Waals surface area contributed by atoms with Gasteiger partial charge in [0.2, 0.25) is 0 Å². The summed E-state index contributed by atoms with van der Waals surface area (Å²) in [5, 5.41) is 12.4. The predicted octanol–water partition coefficient (Wildman–Crippen LogP) is 2.98. The number of aliphatic hydroxyl groups excluding tert-OH is 1. The minimum absolute atomic E-state index is 0.0302. The van der Waals surface area contributed by atoms with Gasteiger partial charge < -0.3 is 20.7 Å². The first kappa shape index (κ1) is 16.8. The fourth-order valence-corrected chi connectivity index (χ4v) is 3.65. The molecule has 1 aromatic carbocycles. The van der Waals surface area contributed by atoms with E-state index in [2.05, 4.69) is 19.9 Å². The molecule has 3 aromatic rings. The quantitative estimate of drug-likeness (QED) is 0.610. The second-order valence-electron chi connectivity index (χ2n) is 6.79. The van der Waals surface area contributed by atoms with Crippen LogP contribution >= 0.6 is 0 Å². The highest BCUT2D eigenvalue weighted by Gasteiger charge is 2.21. The maximum atomic E-state index is 9.18. The molecule has 1 fully saturated rings. The molecular weight excluding hydrogens is 328 g/mol. The molecule has 0 atom stereocenters. The Labute approximate surface area is 152 Å². The Hall–Kier alpha value is -2.67. The van der Waals surface area contributed by atoms with Gasteiger partial charge in [0.1, 0.15) is 5.52 Å². The summed E-state index contributed by atoms with van der Waals surface area (Å²) in [7, 11) is 0. The van der Waals surface area contributed by atoms with E-state index in [0.29, 0.717) is 29.9 Å². The fraction of sp³-hybridized carbons (Fsp3) is 0.421. The van der Waals surface area contributed by atoms with E-state index in [4.69, 9.17) is 10.7 Å². The number of aromatic nitrogens is 4. The third-order valence-electron chi connectivity index (χ3n) is 4.94. The normalized spacial score (nSPS) is 15.4. The lowest BCUT2D eigenvalue weighted by Gasteiger charge is -2.23. The van der Waals surface area contributed by atoms with Gasteiger partial charge in [-0.25, -0.2) is 15.0 Å². The second-order valence-corrected chi connectivity index (χ2v) is 6.79. The molecule has 4 N–H and O–H groups in total. The standard InChI is InChI=1S/C19H24N6O/c20-14-6-4-5-13(11-14)17-23-18(21-9-10-26)16-19(24-17)25(12-22-16)15-7-2-1-3-8-15/h4-6,11-12,15,26H,1-3,7-10,20H2,(H,21,23,24). The number of rotatable bonds is 5. The topological polar surface area (TPSA) is 102 Å². The van der Waals surface area contributed by atoms with Gasteiger partial charge in [-0.1, -0.05) is 31.4 Å². The molecule has 0 spiro atoms. The molecule has 0 aliphatic heterocycles. The lowest BCUT2D eigenvalue weighted by molar-refractivity contribution is 0.311. The van der Waals surface area contributed by atoms with Gasteiger partial charge in [0, 0.05) is 23.8 Å². The zero-order chi connectivity index (χ0) is 17.9. The molecule has 2 heterocycles. The van der Waals surface area contributed by atoms with Crippen LogP contribution in [0.1, 0.15) is 38.1 Å². The van der Waals surface area contributed by atoms with Gasteiger partial charge in [0.05, 0.1) is 12.9 Å². The summed E-state index contributed by atoms with van der Waals surface area (Å²) in [6.07, 6.45) is 7.98. The molecule has 7 heteroatoms. The summed E-state index contributed by atoms with van der Waals surface area (Å²) in [5.41, 5.74) is 9.06. The van der Waals surface area contributed by atoms with Crippen molar-refractivity contribution in [3.05, 3.63) is 30.6 Å². The first-order valence-electron chi connectivity index (χ1n) is 9.21. The molecule has 0 saturated heterocycles. The van der Waals surface area contributed by atoms with E-state index in [9.17, 15) is 5.11 Å².